The van der Waals surface area contributed by atoms with Gasteiger partial charge in [0.15, 0.2) is 0 Å². The predicted octanol–water partition coefficient (Wildman–Crippen LogP) is 2.78. The third-order valence-electron chi connectivity index (χ3n) is 5.10. The van der Waals surface area contributed by atoms with Crippen LogP contribution in [0.15, 0.2) is 46.3 Å². The Morgan fingerprint density at radius 1 is 1.21 bits per heavy atom. The second kappa shape index (κ2) is 7.61. The molecule has 2 heterocycles. The highest BCUT2D eigenvalue weighted by Crippen LogP contribution is 2.32. The molecule has 1 aliphatic rings. The van der Waals surface area contributed by atoms with E-state index in [1.54, 1.807) is 29.9 Å². The molecule has 3 aromatic rings. The molecule has 1 aromatic carbocycles. The summed E-state index contributed by atoms with van der Waals surface area (Å²) in [5.41, 5.74) is 0.598. The zero-order valence-electron chi connectivity index (χ0n) is 15.2. The van der Waals surface area contributed by atoms with Crippen LogP contribution in [0.5, 0.6) is 0 Å². The van der Waals surface area contributed by atoms with Gasteiger partial charge < -0.3 is 9.30 Å². The minimum Gasteiger partial charge on any atom is -0.379 e. The molecule has 4 rings (SSSR count). The number of methoxy groups -OCH3 is 1. The van der Waals surface area contributed by atoms with Crippen molar-refractivity contribution in [2.45, 2.75) is 42.7 Å². The van der Waals surface area contributed by atoms with Crippen molar-refractivity contribution in [3.8, 4) is 0 Å². The van der Waals surface area contributed by atoms with Crippen LogP contribution < -0.4 is 10.3 Å². The molecule has 0 bridgehead atoms. The van der Waals surface area contributed by atoms with Gasteiger partial charge in [-0.15, -0.1) is 0 Å². The van der Waals surface area contributed by atoms with Crippen molar-refractivity contribution in [3.05, 3.63) is 47.0 Å². The van der Waals surface area contributed by atoms with E-state index < -0.39 is 10.0 Å². The smallest absolute Gasteiger partial charge is 0.263 e. The number of sulfonamides is 1. The van der Waals surface area contributed by atoms with Crippen molar-refractivity contribution in [1.82, 2.24) is 13.9 Å². The van der Waals surface area contributed by atoms with Crippen LogP contribution in [0.3, 0.4) is 0 Å². The molecular weight excluding hydrogens is 400 g/mol. The fourth-order valence-electron chi connectivity index (χ4n) is 3.79. The van der Waals surface area contributed by atoms with Crippen LogP contribution in [-0.2, 0) is 14.8 Å². The monoisotopic (exact) mass is 420 g/mol. The summed E-state index contributed by atoms with van der Waals surface area (Å²) < 4.78 is 38.8. The van der Waals surface area contributed by atoms with Crippen molar-refractivity contribution in [3.63, 3.8) is 0 Å². The molecule has 1 fully saturated rings. The van der Waals surface area contributed by atoms with Crippen LogP contribution in [0.1, 0.15) is 31.7 Å². The number of nitrogens with one attached hydrogen (secondary N) is 1. The average molecular weight is 421 g/mol. The first-order valence-electron chi connectivity index (χ1n) is 8.97. The number of nitrogens with zero attached hydrogens (tertiary/aromatic N) is 3. The first kappa shape index (κ1) is 19.0. The average Bonchev–Trinajstić information content (AvgIpc) is 3.20. The zero-order chi connectivity index (χ0) is 19.7. The molecular formula is C18H20N4O4S2. The lowest BCUT2D eigenvalue weighted by Crippen LogP contribution is -2.35. The van der Waals surface area contributed by atoms with E-state index in [1.165, 1.54) is 18.5 Å². The number of fused-ring (bicyclic) bond motifs is 1. The Labute approximate surface area is 166 Å². The summed E-state index contributed by atoms with van der Waals surface area (Å²) in [5, 5.41) is 0.885. The van der Waals surface area contributed by atoms with Gasteiger partial charge in [0.2, 0.25) is 5.13 Å². The first-order valence-corrected chi connectivity index (χ1v) is 11.2. The van der Waals surface area contributed by atoms with Gasteiger partial charge in [-0.2, -0.15) is 4.37 Å². The minimum absolute atomic E-state index is 0.0282. The zero-order valence-corrected chi connectivity index (χ0v) is 16.9. The molecule has 0 spiro atoms. The molecule has 0 aliphatic heterocycles. The van der Waals surface area contributed by atoms with Gasteiger partial charge >= 0.3 is 0 Å². The topological polar surface area (TPSA) is 103 Å². The molecule has 1 saturated carbocycles. The van der Waals surface area contributed by atoms with Gasteiger partial charge in [0.25, 0.3) is 15.6 Å². The molecule has 0 amide bonds. The van der Waals surface area contributed by atoms with Gasteiger partial charge in [0.1, 0.15) is 6.33 Å². The van der Waals surface area contributed by atoms with Crippen molar-refractivity contribution >= 4 is 37.6 Å². The number of aromatic nitrogens is 3. The molecule has 148 valence electrons. The summed E-state index contributed by atoms with van der Waals surface area (Å²) in [5.74, 6) is 0. The third-order valence-corrected chi connectivity index (χ3v) is 7.14. The Balaban J connectivity index is 1.77. The lowest BCUT2D eigenvalue weighted by Gasteiger charge is -2.32. The molecule has 1 N–H and O–H groups in total. The molecule has 0 saturated heterocycles. The highest BCUT2D eigenvalue weighted by Gasteiger charge is 2.28. The summed E-state index contributed by atoms with van der Waals surface area (Å²) >= 11 is 0.963. The summed E-state index contributed by atoms with van der Waals surface area (Å²) in [4.78, 5) is 16.6. The summed E-state index contributed by atoms with van der Waals surface area (Å²) in [6.07, 6.45) is 5.13. The lowest BCUT2D eigenvalue weighted by atomic mass is 9.91. The summed E-state index contributed by atoms with van der Waals surface area (Å²) in [7, 11) is -2.12. The Morgan fingerprint density at radius 2 is 2.04 bits per heavy atom. The normalized spacial score (nSPS) is 20.3. The second-order valence-corrected chi connectivity index (χ2v) is 9.20. The van der Waals surface area contributed by atoms with Gasteiger partial charge in [0, 0.05) is 24.7 Å². The Bertz CT molecular complexity index is 1140. The third kappa shape index (κ3) is 3.54. The Kier molecular flexibility index (Phi) is 5.17. The highest BCUT2D eigenvalue weighted by molar-refractivity contribution is 7.93. The van der Waals surface area contributed by atoms with E-state index in [0.29, 0.717) is 10.9 Å². The van der Waals surface area contributed by atoms with E-state index in [9.17, 15) is 13.2 Å². The fourth-order valence-corrected chi connectivity index (χ4v) is 5.49. The van der Waals surface area contributed by atoms with Crippen molar-refractivity contribution in [1.29, 1.82) is 0 Å². The number of hydrogen-bond acceptors (Lipinski definition) is 7. The second-order valence-electron chi connectivity index (χ2n) is 6.74. The van der Waals surface area contributed by atoms with E-state index in [2.05, 4.69) is 14.1 Å². The molecule has 0 radical (unpaired) electrons. The van der Waals surface area contributed by atoms with Crippen LogP contribution in [0.25, 0.3) is 10.9 Å². The molecule has 10 heteroatoms. The van der Waals surface area contributed by atoms with Crippen LogP contribution in [0.2, 0.25) is 0 Å². The Morgan fingerprint density at radius 3 is 2.79 bits per heavy atom. The van der Waals surface area contributed by atoms with Gasteiger partial charge in [0.05, 0.1) is 22.6 Å². The molecule has 28 heavy (non-hydrogen) atoms. The highest BCUT2D eigenvalue weighted by atomic mass is 32.2. The van der Waals surface area contributed by atoms with E-state index in [0.717, 1.165) is 37.2 Å². The molecule has 2 atom stereocenters. The Hall–Kier alpha value is -2.30. The molecule has 2 unspecified atom stereocenters. The lowest BCUT2D eigenvalue weighted by molar-refractivity contribution is 0.0293. The first-order chi connectivity index (χ1) is 13.5. The van der Waals surface area contributed by atoms with Crippen LogP contribution in [0.4, 0.5) is 5.13 Å². The maximum Gasteiger partial charge on any atom is 0.263 e. The summed E-state index contributed by atoms with van der Waals surface area (Å²) in [6.45, 7) is 0. The van der Waals surface area contributed by atoms with E-state index in [1.807, 2.05) is 0 Å². The number of rotatable bonds is 5. The van der Waals surface area contributed by atoms with Gasteiger partial charge in [-0.25, -0.2) is 13.4 Å². The van der Waals surface area contributed by atoms with E-state index in [-0.39, 0.29) is 27.7 Å². The van der Waals surface area contributed by atoms with Crippen molar-refractivity contribution in [2.24, 2.45) is 0 Å². The number of benzene rings is 1. The van der Waals surface area contributed by atoms with Crippen LogP contribution in [-0.4, -0.2) is 35.6 Å². The number of anilines is 1. The molecule has 1 aliphatic carbocycles. The SMILES string of the molecule is COC1CCCCC1n1c(=O)ccc2cc(S(=O)(=O)Nc3ncns3)ccc21. The molecule has 8 nitrogen and oxygen atoms in total. The largest absolute Gasteiger partial charge is 0.379 e. The predicted molar refractivity (Wildman–Crippen MR) is 107 cm³/mol. The standard InChI is InChI=1S/C18H20N4O4S2/c1-26-16-5-3-2-4-15(16)22-14-8-7-13(10-12(14)6-9-17(22)23)28(24,25)21-18-19-11-20-27-18/h6-11,15-16H,2-5H2,1H3,(H,19,20,21). The number of pyridine rings is 1. The number of hydrogen-bond donors (Lipinski definition) is 1. The molecule has 2 aromatic heterocycles. The minimum atomic E-state index is -3.79. The summed E-state index contributed by atoms with van der Waals surface area (Å²) in [6, 6.07) is 7.84. The maximum absolute atomic E-state index is 12.7. The van der Waals surface area contributed by atoms with E-state index in [4.69, 9.17) is 4.74 Å². The van der Waals surface area contributed by atoms with Crippen molar-refractivity contribution < 1.29 is 13.2 Å². The van der Waals surface area contributed by atoms with Crippen LogP contribution >= 0.6 is 11.5 Å². The van der Waals surface area contributed by atoms with Gasteiger partial charge in [-0.05, 0) is 42.5 Å². The van der Waals surface area contributed by atoms with Gasteiger partial charge in [-0.1, -0.05) is 12.8 Å². The van der Waals surface area contributed by atoms with Crippen molar-refractivity contribution in [2.75, 3.05) is 11.8 Å². The van der Waals surface area contributed by atoms with E-state index >= 15 is 0 Å². The maximum atomic E-state index is 12.7. The number of ether oxygens (including phenoxy) is 1. The quantitative estimate of drug-likeness (QED) is 0.681. The fraction of sp³-hybridized carbons (Fsp3) is 0.389. The van der Waals surface area contributed by atoms with Crippen LogP contribution in [0, 0.1) is 0 Å². The van der Waals surface area contributed by atoms with Gasteiger partial charge in [-0.3, -0.25) is 9.52 Å².